The Kier molecular flexibility index (Phi) is 4.82. The van der Waals surface area contributed by atoms with Crippen molar-refractivity contribution >= 4 is 0 Å². The molecule has 100 valence electrons. The fourth-order valence-corrected chi connectivity index (χ4v) is 2.98. The lowest BCUT2D eigenvalue weighted by atomic mass is 9.94. The summed E-state index contributed by atoms with van der Waals surface area (Å²) in [5, 5.41) is 3.75. The van der Waals surface area contributed by atoms with Gasteiger partial charge in [0.2, 0.25) is 0 Å². The Morgan fingerprint density at radius 2 is 2.11 bits per heavy atom. The highest BCUT2D eigenvalue weighted by atomic mass is 14.9. The number of benzene rings is 1. The smallest absolute Gasteiger partial charge is 0.0325 e. The number of rotatable bonds is 4. The summed E-state index contributed by atoms with van der Waals surface area (Å²) in [5.41, 5.74) is 4.63. The minimum atomic E-state index is 0.573. The molecule has 1 aliphatic carbocycles. The van der Waals surface area contributed by atoms with E-state index in [0.29, 0.717) is 6.04 Å². The van der Waals surface area contributed by atoms with Gasteiger partial charge in [-0.25, -0.2) is 0 Å². The monoisotopic (exact) mass is 245 g/mol. The van der Waals surface area contributed by atoms with Gasteiger partial charge in [0.1, 0.15) is 0 Å². The second-order valence-electron chi connectivity index (χ2n) is 5.77. The number of fused-ring (bicyclic) bond motifs is 1. The van der Waals surface area contributed by atoms with Crippen LogP contribution in [0.5, 0.6) is 0 Å². The highest BCUT2D eigenvalue weighted by Crippen LogP contribution is 2.32. The van der Waals surface area contributed by atoms with Crippen molar-refractivity contribution in [2.75, 3.05) is 6.54 Å². The standard InChI is InChI=1S/C17H27N/c1-4-10-18-17-11-13(3)6-8-15-9-7-14(5-2)12-16(15)17/h7,9,12-13,17-18H,4-6,8,10-11H2,1-3H3. The topological polar surface area (TPSA) is 12.0 Å². The number of aryl methyl sites for hydroxylation is 2. The first-order valence-corrected chi connectivity index (χ1v) is 7.59. The van der Waals surface area contributed by atoms with E-state index in [0.717, 1.165) is 18.9 Å². The van der Waals surface area contributed by atoms with Gasteiger partial charge in [-0.15, -0.1) is 0 Å². The Morgan fingerprint density at radius 3 is 2.83 bits per heavy atom. The highest BCUT2D eigenvalue weighted by Gasteiger charge is 2.21. The Morgan fingerprint density at radius 1 is 1.28 bits per heavy atom. The quantitative estimate of drug-likeness (QED) is 0.781. The van der Waals surface area contributed by atoms with Crippen molar-refractivity contribution in [2.24, 2.45) is 5.92 Å². The molecule has 0 bridgehead atoms. The van der Waals surface area contributed by atoms with Crippen LogP contribution in [0.4, 0.5) is 0 Å². The van der Waals surface area contributed by atoms with E-state index in [1.54, 1.807) is 11.1 Å². The molecule has 0 aromatic heterocycles. The Hall–Kier alpha value is -0.820. The molecular weight excluding hydrogens is 218 g/mol. The predicted octanol–water partition coefficient (Wildman–Crippen LogP) is 4.26. The average Bonchev–Trinajstić information content (AvgIpc) is 2.55. The van der Waals surface area contributed by atoms with Crippen LogP contribution >= 0.6 is 0 Å². The van der Waals surface area contributed by atoms with E-state index >= 15 is 0 Å². The van der Waals surface area contributed by atoms with Gasteiger partial charge in [-0.2, -0.15) is 0 Å². The van der Waals surface area contributed by atoms with Gasteiger partial charge >= 0.3 is 0 Å². The van der Waals surface area contributed by atoms with Crippen molar-refractivity contribution in [3.05, 3.63) is 34.9 Å². The van der Waals surface area contributed by atoms with Crippen molar-refractivity contribution in [1.82, 2.24) is 5.32 Å². The van der Waals surface area contributed by atoms with Gasteiger partial charge in [-0.3, -0.25) is 0 Å². The van der Waals surface area contributed by atoms with Crippen LogP contribution < -0.4 is 5.32 Å². The molecule has 2 atom stereocenters. The number of nitrogens with one attached hydrogen (secondary N) is 1. The maximum Gasteiger partial charge on any atom is 0.0325 e. The molecule has 18 heavy (non-hydrogen) atoms. The lowest BCUT2D eigenvalue weighted by Crippen LogP contribution is -2.23. The molecule has 1 aromatic carbocycles. The molecule has 1 aliphatic rings. The first kappa shape index (κ1) is 13.6. The van der Waals surface area contributed by atoms with Crippen molar-refractivity contribution in [3.63, 3.8) is 0 Å². The normalized spacial score (nSPS) is 23.5. The second kappa shape index (κ2) is 6.38. The van der Waals surface area contributed by atoms with Crippen LogP contribution in [-0.4, -0.2) is 6.54 Å². The molecular formula is C17H27N. The number of hydrogen-bond acceptors (Lipinski definition) is 1. The van der Waals surface area contributed by atoms with E-state index in [4.69, 9.17) is 0 Å². The van der Waals surface area contributed by atoms with Gasteiger partial charge in [0, 0.05) is 6.04 Å². The molecule has 0 radical (unpaired) electrons. The minimum absolute atomic E-state index is 0.573. The SMILES string of the molecule is CCCNC1CC(C)CCc2ccc(CC)cc21. The molecule has 1 aromatic rings. The van der Waals surface area contributed by atoms with Gasteiger partial charge in [0.25, 0.3) is 0 Å². The maximum absolute atomic E-state index is 3.75. The number of hydrogen-bond donors (Lipinski definition) is 1. The average molecular weight is 245 g/mol. The fourth-order valence-electron chi connectivity index (χ4n) is 2.98. The summed E-state index contributed by atoms with van der Waals surface area (Å²) in [7, 11) is 0. The van der Waals surface area contributed by atoms with Gasteiger partial charge in [-0.1, -0.05) is 39.0 Å². The minimum Gasteiger partial charge on any atom is -0.310 e. The summed E-state index contributed by atoms with van der Waals surface area (Å²) < 4.78 is 0. The van der Waals surface area contributed by atoms with Crippen LogP contribution in [0.25, 0.3) is 0 Å². The molecule has 2 unspecified atom stereocenters. The van der Waals surface area contributed by atoms with Crippen LogP contribution in [0.15, 0.2) is 18.2 Å². The largest absolute Gasteiger partial charge is 0.310 e. The zero-order valence-electron chi connectivity index (χ0n) is 12.1. The molecule has 0 spiro atoms. The molecule has 2 rings (SSSR count). The summed E-state index contributed by atoms with van der Waals surface area (Å²) in [4.78, 5) is 0. The van der Waals surface area contributed by atoms with Crippen LogP contribution in [-0.2, 0) is 12.8 Å². The van der Waals surface area contributed by atoms with E-state index in [-0.39, 0.29) is 0 Å². The predicted molar refractivity (Wildman–Crippen MR) is 79.0 cm³/mol. The van der Waals surface area contributed by atoms with E-state index in [1.807, 2.05) is 0 Å². The third kappa shape index (κ3) is 3.14. The lowest BCUT2D eigenvalue weighted by molar-refractivity contribution is 0.408. The van der Waals surface area contributed by atoms with Crippen LogP contribution in [0.3, 0.4) is 0 Å². The molecule has 0 aliphatic heterocycles. The van der Waals surface area contributed by atoms with E-state index in [2.05, 4.69) is 44.3 Å². The Bertz CT molecular complexity index is 383. The molecule has 0 amide bonds. The Balaban J connectivity index is 2.28. The van der Waals surface area contributed by atoms with Crippen LogP contribution in [0.1, 0.15) is 62.8 Å². The zero-order chi connectivity index (χ0) is 13.0. The van der Waals surface area contributed by atoms with Gasteiger partial charge in [-0.05, 0) is 61.3 Å². The molecule has 0 fully saturated rings. The summed E-state index contributed by atoms with van der Waals surface area (Å²) in [6.07, 6.45) is 6.24. The lowest BCUT2D eigenvalue weighted by Gasteiger charge is -2.21. The van der Waals surface area contributed by atoms with Crippen molar-refractivity contribution < 1.29 is 0 Å². The third-order valence-corrected chi connectivity index (χ3v) is 4.18. The van der Waals surface area contributed by atoms with E-state index < -0.39 is 0 Å². The summed E-state index contributed by atoms with van der Waals surface area (Å²) in [5.74, 6) is 0.830. The first-order valence-electron chi connectivity index (χ1n) is 7.59. The van der Waals surface area contributed by atoms with Crippen molar-refractivity contribution in [1.29, 1.82) is 0 Å². The van der Waals surface area contributed by atoms with Crippen molar-refractivity contribution in [3.8, 4) is 0 Å². The fraction of sp³-hybridized carbons (Fsp3) is 0.647. The molecule has 1 heteroatoms. The molecule has 1 N–H and O–H groups in total. The second-order valence-corrected chi connectivity index (χ2v) is 5.77. The van der Waals surface area contributed by atoms with Gasteiger partial charge in [0.15, 0.2) is 0 Å². The van der Waals surface area contributed by atoms with E-state index in [9.17, 15) is 0 Å². The van der Waals surface area contributed by atoms with Gasteiger partial charge in [0.05, 0.1) is 0 Å². The summed E-state index contributed by atoms with van der Waals surface area (Å²) in [6.45, 7) is 8.02. The van der Waals surface area contributed by atoms with Crippen molar-refractivity contribution in [2.45, 2.75) is 58.9 Å². The third-order valence-electron chi connectivity index (χ3n) is 4.18. The van der Waals surface area contributed by atoms with Crippen LogP contribution in [0, 0.1) is 5.92 Å². The molecule has 0 saturated carbocycles. The molecule has 0 heterocycles. The van der Waals surface area contributed by atoms with Gasteiger partial charge < -0.3 is 5.32 Å². The summed E-state index contributed by atoms with van der Waals surface area (Å²) in [6, 6.07) is 7.70. The molecule has 0 saturated heterocycles. The highest BCUT2D eigenvalue weighted by molar-refractivity contribution is 5.35. The first-order chi connectivity index (χ1) is 8.74. The van der Waals surface area contributed by atoms with Crippen LogP contribution in [0.2, 0.25) is 0 Å². The Labute approximate surface area is 112 Å². The zero-order valence-corrected chi connectivity index (χ0v) is 12.1. The summed E-state index contributed by atoms with van der Waals surface area (Å²) >= 11 is 0. The molecule has 1 nitrogen and oxygen atoms in total. The van der Waals surface area contributed by atoms with E-state index in [1.165, 1.54) is 31.2 Å². The maximum atomic E-state index is 3.75.